The van der Waals surface area contributed by atoms with Crippen molar-refractivity contribution < 1.29 is 9.50 Å². The van der Waals surface area contributed by atoms with Crippen molar-refractivity contribution >= 4 is 5.96 Å². The Morgan fingerprint density at radius 2 is 2.32 bits per heavy atom. The van der Waals surface area contributed by atoms with Crippen LogP contribution in [-0.4, -0.2) is 24.2 Å². The van der Waals surface area contributed by atoms with Gasteiger partial charge in [0.05, 0.1) is 12.6 Å². The van der Waals surface area contributed by atoms with Crippen molar-refractivity contribution in [3.05, 3.63) is 35.6 Å². The summed E-state index contributed by atoms with van der Waals surface area (Å²) in [6.07, 6.45) is 2.94. The van der Waals surface area contributed by atoms with Crippen molar-refractivity contribution in [1.82, 2.24) is 5.32 Å². The lowest BCUT2D eigenvalue weighted by atomic mass is 9.85. The van der Waals surface area contributed by atoms with Gasteiger partial charge in [0.2, 0.25) is 0 Å². The third-order valence-electron chi connectivity index (χ3n) is 3.46. The lowest BCUT2D eigenvalue weighted by molar-refractivity contribution is 0.186. The van der Waals surface area contributed by atoms with Gasteiger partial charge in [-0.15, -0.1) is 0 Å². The van der Waals surface area contributed by atoms with Crippen molar-refractivity contribution in [3.63, 3.8) is 0 Å². The molecule has 0 heterocycles. The topological polar surface area (TPSA) is 70.6 Å². The van der Waals surface area contributed by atoms with Crippen LogP contribution in [0.25, 0.3) is 0 Å². The normalized spacial score (nSPS) is 17.9. The molecule has 0 saturated heterocycles. The standard InChI is InChI=1S/C14H20FN3O/c15-12-6-2-5-11(7-12)13(19)9-18-14(16)17-8-10-3-1-4-10/h2,5-7,10,13,19H,1,3-4,8-9H2,(H3,16,17,18). The largest absolute Gasteiger partial charge is 0.386 e. The average Bonchev–Trinajstić information content (AvgIpc) is 2.34. The van der Waals surface area contributed by atoms with Gasteiger partial charge >= 0.3 is 0 Å². The molecule has 0 amide bonds. The van der Waals surface area contributed by atoms with Gasteiger partial charge in [-0.3, -0.25) is 4.99 Å². The van der Waals surface area contributed by atoms with Crippen LogP contribution in [0, 0.1) is 11.7 Å². The summed E-state index contributed by atoms with van der Waals surface area (Å²) in [5, 5.41) is 12.9. The Kier molecular flexibility index (Phi) is 4.74. The van der Waals surface area contributed by atoms with Crippen molar-refractivity contribution in [1.29, 1.82) is 0 Å². The molecule has 104 valence electrons. The van der Waals surface area contributed by atoms with Crippen LogP contribution in [0.1, 0.15) is 30.9 Å². The second-order valence-corrected chi connectivity index (χ2v) is 4.97. The van der Waals surface area contributed by atoms with Gasteiger partial charge in [0, 0.05) is 6.54 Å². The molecule has 0 radical (unpaired) electrons. The SMILES string of the molecule is NC(=NCC(O)c1cccc(F)c1)NCC1CCC1. The summed E-state index contributed by atoms with van der Waals surface area (Å²) in [5.41, 5.74) is 6.22. The van der Waals surface area contributed by atoms with Crippen LogP contribution >= 0.6 is 0 Å². The Morgan fingerprint density at radius 3 is 2.95 bits per heavy atom. The number of aliphatic hydroxyl groups excluding tert-OH is 1. The summed E-state index contributed by atoms with van der Waals surface area (Å²) in [4.78, 5) is 4.07. The van der Waals surface area contributed by atoms with E-state index in [1.807, 2.05) is 0 Å². The molecule has 4 N–H and O–H groups in total. The summed E-state index contributed by atoms with van der Waals surface area (Å²) in [5.74, 6) is 0.667. The minimum absolute atomic E-state index is 0.132. The highest BCUT2D eigenvalue weighted by Crippen LogP contribution is 2.25. The Balaban J connectivity index is 1.79. The van der Waals surface area contributed by atoms with Crippen molar-refractivity contribution in [2.24, 2.45) is 16.6 Å². The smallest absolute Gasteiger partial charge is 0.188 e. The van der Waals surface area contributed by atoms with Crippen LogP contribution in [0.5, 0.6) is 0 Å². The lowest BCUT2D eigenvalue weighted by Crippen LogP contribution is -2.37. The van der Waals surface area contributed by atoms with Gasteiger partial charge in [0.25, 0.3) is 0 Å². The molecule has 1 aromatic rings. The number of aliphatic hydroxyl groups is 1. The average molecular weight is 265 g/mol. The molecule has 1 fully saturated rings. The number of halogens is 1. The highest BCUT2D eigenvalue weighted by atomic mass is 19.1. The van der Waals surface area contributed by atoms with Gasteiger partial charge in [-0.25, -0.2) is 4.39 Å². The molecule has 1 aromatic carbocycles. The fourth-order valence-corrected chi connectivity index (χ4v) is 2.01. The molecule has 4 nitrogen and oxygen atoms in total. The number of nitrogens with two attached hydrogens (primary N) is 1. The minimum Gasteiger partial charge on any atom is -0.386 e. The first-order chi connectivity index (χ1) is 9.15. The first-order valence-corrected chi connectivity index (χ1v) is 6.62. The van der Waals surface area contributed by atoms with E-state index >= 15 is 0 Å². The van der Waals surface area contributed by atoms with Crippen LogP contribution in [0.2, 0.25) is 0 Å². The van der Waals surface area contributed by atoms with E-state index in [2.05, 4.69) is 10.3 Å². The second kappa shape index (κ2) is 6.52. The number of guanidine groups is 1. The van der Waals surface area contributed by atoms with Gasteiger partial charge in [-0.05, 0) is 36.5 Å². The lowest BCUT2D eigenvalue weighted by Gasteiger charge is -2.25. The monoisotopic (exact) mass is 265 g/mol. The number of nitrogens with zero attached hydrogens (tertiary/aromatic N) is 1. The molecule has 1 unspecified atom stereocenters. The molecule has 1 saturated carbocycles. The molecule has 0 bridgehead atoms. The number of benzene rings is 1. The Bertz CT molecular complexity index is 446. The molecular weight excluding hydrogens is 245 g/mol. The molecule has 0 aromatic heterocycles. The van der Waals surface area contributed by atoms with Crippen molar-refractivity contribution in [2.45, 2.75) is 25.4 Å². The van der Waals surface area contributed by atoms with Crippen LogP contribution in [0.15, 0.2) is 29.3 Å². The van der Waals surface area contributed by atoms with Gasteiger partial charge < -0.3 is 16.2 Å². The predicted octanol–water partition coefficient (Wildman–Crippen LogP) is 1.56. The number of hydrogen-bond donors (Lipinski definition) is 3. The summed E-state index contributed by atoms with van der Waals surface area (Å²) in [6.45, 7) is 0.971. The van der Waals surface area contributed by atoms with Crippen molar-refractivity contribution in [3.8, 4) is 0 Å². The zero-order valence-corrected chi connectivity index (χ0v) is 10.8. The van der Waals surface area contributed by atoms with Crippen LogP contribution in [-0.2, 0) is 0 Å². The molecule has 1 atom stereocenters. The molecule has 5 heteroatoms. The first-order valence-electron chi connectivity index (χ1n) is 6.62. The molecule has 19 heavy (non-hydrogen) atoms. The zero-order chi connectivity index (χ0) is 13.7. The maximum Gasteiger partial charge on any atom is 0.188 e. The number of nitrogens with one attached hydrogen (secondary N) is 1. The molecule has 1 aliphatic rings. The van der Waals surface area contributed by atoms with E-state index in [4.69, 9.17) is 5.73 Å². The van der Waals surface area contributed by atoms with E-state index in [9.17, 15) is 9.50 Å². The molecule has 2 rings (SSSR count). The van der Waals surface area contributed by atoms with Gasteiger partial charge in [0.15, 0.2) is 5.96 Å². The zero-order valence-electron chi connectivity index (χ0n) is 10.8. The third kappa shape index (κ3) is 4.21. The van der Waals surface area contributed by atoms with Crippen LogP contribution in [0.3, 0.4) is 0 Å². The van der Waals surface area contributed by atoms with Gasteiger partial charge in [0.1, 0.15) is 5.82 Å². The summed E-state index contributed by atoms with van der Waals surface area (Å²) < 4.78 is 13.0. The molecular formula is C14H20FN3O. The third-order valence-corrected chi connectivity index (χ3v) is 3.46. The summed E-state index contributed by atoms with van der Waals surface area (Å²) in [6, 6.07) is 5.88. The van der Waals surface area contributed by atoms with E-state index in [0.29, 0.717) is 17.4 Å². The van der Waals surface area contributed by atoms with Gasteiger partial charge in [-0.2, -0.15) is 0 Å². The molecule has 1 aliphatic carbocycles. The molecule has 0 spiro atoms. The van der Waals surface area contributed by atoms with E-state index in [1.54, 1.807) is 12.1 Å². The predicted molar refractivity (Wildman–Crippen MR) is 73.2 cm³/mol. The van der Waals surface area contributed by atoms with E-state index in [0.717, 1.165) is 6.54 Å². The highest BCUT2D eigenvalue weighted by Gasteiger charge is 2.16. The maximum atomic E-state index is 13.0. The quantitative estimate of drug-likeness (QED) is 0.559. The Morgan fingerprint density at radius 1 is 1.53 bits per heavy atom. The van der Waals surface area contributed by atoms with E-state index < -0.39 is 6.10 Å². The second-order valence-electron chi connectivity index (χ2n) is 4.97. The number of hydrogen-bond acceptors (Lipinski definition) is 2. The summed E-state index contributed by atoms with van der Waals surface area (Å²) in [7, 11) is 0. The van der Waals surface area contributed by atoms with Crippen molar-refractivity contribution in [2.75, 3.05) is 13.1 Å². The van der Waals surface area contributed by atoms with Crippen LogP contribution in [0.4, 0.5) is 4.39 Å². The fraction of sp³-hybridized carbons (Fsp3) is 0.500. The summed E-state index contributed by atoms with van der Waals surface area (Å²) >= 11 is 0. The Labute approximate surface area is 112 Å². The first kappa shape index (κ1) is 13.8. The van der Waals surface area contributed by atoms with E-state index in [-0.39, 0.29) is 12.4 Å². The Hall–Kier alpha value is -1.62. The number of aliphatic imine (C=N–C) groups is 1. The molecule has 0 aliphatic heterocycles. The van der Waals surface area contributed by atoms with Gasteiger partial charge in [-0.1, -0.05) is 18.6 Å². The maximum absolute atomic E-state index is 13.0. The van der Waals surface area contributed by atoms with Crippen LogP contribution < -0.4 is 11.1 Å². The number of rotatable bonds is 5. The fourth-order valence-electron chi connectivity index (χ4n) is 2.01. The minimum atomic E-state index is -0.834. The van der Waals surface area contributed by atoms with E-state index in [1.165, 1.54) is 31.4 Å². The highest BCUT2D eigenvalue weighted by molar-refractivity contribution is 5.77.